The van der Waals surface area contributed by atoms with E-state index in [4.69, 9.17) is 4.74 Å². The van der Waals surface area contributed by atoms with Crippen LogP contribution in [0.3, 0.4) is 0 Å². The van der Waals surface area contributed by atoms with E-state index in [2.05, 4.69) is 15.4 Å². The molecule has 1 aliphatic rings. The third kappa shape index (κ3) is 3.92. The number of amides is 1. The Labute approximate surface area is 129 Å². The number of hydrogen-bond acceptors (Lipinski definition) is 4. The minimum absolute atomic E-state index is 0.0444. The predicted molar refractivity (Wildman–Crippen MR) is 81.4 cm³/mol. The second-order valence-electron chi connectivity index (χ2n) is 5.49. The first-order chi connectivity index (χ1) is 10.8. The van der Waals surface area contributed by atoms with Gasteiger partial charge in [0.25, 0.3) is 0 Å². The van der Waals surface area contributed by atoms with Crippen LogP contribution in [-0.4, -0.2) is 33.9 Å². The van der Waals surface area contributed by atoms with Gasteiger partial charge in [0.2, 0.25) is 5.91 Å². The highest BCUT2D eigenvalue weighted by Gasteiger charge is 2.16. The smallest absolute Gasteiger partial charge is 0.220 e. The maximum atomic E-state index is 11.8. The average molecular weight is 300 g/mol. The van der Waals surface area contributed by atoms with Crippen molar-refractivity contribution in [2.45, 2.75) is 25.8 Å². The summed E-state index contributed by atoms with van der Waals surface area (Å²) in [5, 5.41) is 7.23. The van der Waals surface area contributed by atoms with Crippen molar-refractivity contribution >= 4 is 5.91 Å². The summed E-state index contributed by atoms with van der Waals surface area (Å²) in [6.07, 6.45) is 4.15. The first-order valence-electron chi connectivity index (χ1n) is 7.61. The Morgan fingerprint density at radius 2 is 2.23 bits per heavy atom. The van der Waals surface area contributed by atoms with Gasteiger partial charge in [-0.3, -0.25) is 4.79 Å². The molecule has 6 nitrogen and oxygen atoms in total. The predicted octanol–water partition coefficient (Wildman–Crippen LogP) is 1.70. The van der Waals surface area contributed by atoms with E-state index in [1.165, 1.54) is 0 Å². The molecule has 1 atom stereocenters. The lowest BCUT2D eigenvalue weighted by atomic mass is 10.0. The van der Waals surface area contributed by atoms with Gasteiger partial charge >= 0.3 is 0 Å². The van der Waals surface area contributed by atoms with Crippen molar-refractivity contribution in [1.82, 2.24) is 20.1 Å². The zero-order chi connectivity index (χ0) is 15.2. The van der Waals surface area contributed by atoms with Crippen molar-refractivity contribution in [3.05, 3.63) is 42.5 Å². The fourth-order valence-corrected chi connectivity index (χ4v) is 2.50. The van der Waals surface area contributed by atoms with Gasteiger partial charge < -0.3 is 10.1 Å². The molecule has 1 N–H and O–H groups in total. The zero-order valence-corrected chi connectivity index (χ0v) is 12.4. The zero-order valence-electron chi connectivity index (χ0n) is 12.4. The normalized spacial score (nSPS) is 17.5. The Hall–Kier alpha value is -2.21. The van der Waals surface area contributed by atoms with Crippen molar-refractivity contribution < 1.29 is 9.53 Å². The average Bonchev–Trinajstić information content (AvgIpc) is 3.23. The third-order valence-electron chi connectivity index (χ3n) is 3.81. The lowest BCUT2D eigenvalue weighted by Crippen LogP contribution is -2.24. The highest BCUT2D eigenvalue weighted by molar-refractivity contribution is 5.75. The molecule has 1 aromatic heterocycles. The fourth-order valence-electron chi connectivity index (χ4n) is 2.50. The number of hydrogen-bond donors (Lipinski definition) is 1. The van der Waals surface area contributed by atoms with Crippen LogP contribution < -0.4 is 5.32 Å². The van der Waals surface area contributed by atoms with Crippen molar-refractivity contribution in [1.29, 1.82) is 0 Å². The molecule has 1 fully saturated rings. The Bertz CT molecular complexity index is 606. The van der Waals surface area contributed by atoms with Crippen molar-refractivity contribution in [3.63, 3.8) is 0 Å². The van der Waals surface area contributed by atoms with Gasteiger partial charge in [0.1, 0.15) is 6.33 Å². The van der Waals surface area contributed by atoms with Crippen LogP contribution in [0.15, 0.2) is 36.7 Å². The van der Waals surface area contributed by atoms with Crippen LogP contribution in [0.1, 0.15) is 25.1 Å². The summed E-state index contributed by atoms with van der Waals surface area (Å²) in [5.74, 6) is 1.19. The lowest BCUT2D eigenvalue weighted by molar-refractivity contribution is -0.121. The van der Waals surface area contributed by atoms with E-state index in [1.807, 2.05) is 30.3 Å². The second kappa shape index (κ2) is 7.17. The maximum absolute atomic E-state index is 11.8. The van der Waals surface area contributed by atoms with Crippen LogP contribution in [-0.2, 0) is 16.1 Å². The number of para-hydroxylation sites is 1. The van der Waals surface area contributed by atoms with E-state index < -0.39 is 0 Å². The van der Waals surface area contributed by atoms with Crippen LogP contribution in [0, 0.1) is 5.92 Å². The molecule has 0 aliphatic carbocycles. The molecule has 116 valence electrons. The molecule has 1 amide bonds. The number of rotatable bonds is 6. The van der Waals surface area contributed by atoms with Gasteiger partial charge in [-0.25, -0.2) is 9.67 Å². The Kier molecular flexibility index (Phi) is 4.80. The number of nitrogens with zero attached hydrogens (tertiary/aromatic N) is 3. The molecule has 1 saturated heterocycles. The number of nitrogens with one attached hydrogen (secondary N) is 1. The summed E-state index contributed by atoms with van der Waals surface area (Å²) < 4.78 is 7.01. The molecule has 3 rings (SSSR count). The molecule has 2 aromatic rings. The molecule has 0 unspecified atom stereocenters. The lowest BCUT2D eigenvalue weighted by Gasteiger charge is -2.06. The van der Waals surface area contributed by atoms with Gasteiger partial charge in [0.15, 0.2) is 5.82 Å². The number of aromatic nitrogens is 3. The molecule has 1 aliphatic heterocycles. The SMILES string of the molecule is O=C(CC[C@H]1CCOC1)NCc1ncn(-c2ccccc2)n1. The Morgan fingerprint density at radius 1 is 1.36 bits per heavy atom. The molecule has 0 radical (unpaired) electrons. The van der Waals surface area contributed by atoms with E-state index in [0.717, 1.165) is 31.7 Å². The van der Waals surface area contributed by atoms with Crippen molar-refractivity contribution in [2.24, 2.45) is 5.92 Å². The molecule has 2 heterocycles. The van der Waals surface area contributed by atoms with Crippen molar-refractivity contribution in [3.8, 4) is 5.69 Å². The molecular weight excluding hydrogens is 280 g/mol. The van der Waals surface area contributed by atoms with Gasteiger partial charge in [0, 0.05) is 19.6 Å². The van der Waals surface area contributed by atoms with Gasteiger partial charge in [-0.2, -0.15) is 0 Å². The summed E-state index contributed by atoms with van der Waals surface area (Å²) in [6, 6.07) is 9.77. The topological polar surface area (TPSA) is 69.0 Å². The fraction of sp³-hybridized carbons (Fsp3) is 0.438. The Balaban J connectivity index is 1.45. The van der Waals surface area contributed by atoms with E-state index in [0.29, 0.717) is 24.7 Å². The van der Waals surface area contributed by atoms with Gasteiger partial charge in [-0.1, -0.05) is 18.2 Å². The monoisotopic (exact) mass is 300 g/mol. The number of ether oxygens (including phenoxy) is 1. The van der Waals surface area contributed by atoms with Crippen molar-refractivity contribution in [2.75, 3.05) is 13.2 Å². The Morgan fingerprint density at radius 3 is 3.00 bits per heavy atom. The first kappa shape index (κ1) is 14.7. The highest BCUT2D eigenvalue weighted by atomic mass is 16.5. The molecule has 0 spiro atoms. The number of carbonyl (C=O) groups is 1. The molecule has 22 heavy (non-hydrogen) atoms. The van der Waals surface area contributed by atoms with E-state index in [9.17, 15) is 4.79 Å². The summed E-state index contributed by atoms with van der Waals surface area (Å²) in [7, 11) is 0. The molecule has 0 bridgehead atoms. The largest absolute Gasteiger partial charge is 0.381 e. The number of carbonyl (C=O) groups excluding carboxylic acids is 1. The standard InChI is InChI=1S/C16H20N4O2/c21-16(7-6-13-8-9-22-11-13)17-10-15-18-12-20(19-15)14-4-2-1-3-5-14/h1-5,12-13H,6-11H2,(H,17,21)/t13-/m0/s1. The molecular formula is C16H20N4O2. The molecule has 1 aromatic carbocycles. The molecule has 0 saturated carbocycles. The van der Waals surface area contributed by atoms with Gasteiger partial charge in [-0.15, -0.1) is 5.10 Å². The quantitative estimate of drug-likeness (QED) is 0.881. The first-order valence-corrected chi connectivity index (χ1v) is 7.61. The minimum atomic E-state index is 0.0444. The van der Waals surface area contributed by atoms with Crippen LogP contribution >= 0.6 is 0 Å². The maximum Gasteiger partial charge on any atom is 0.220 e. The van der Waals surface area contributed by atoms with Gasteiger partial charge in [0.05, 0.1) is 12.2 Å². The summed E-state index contributed by atoms with van der Waals surface area (Å²) in [4.78, 5) is 16.1. The summed E-state index contributed by atoms with van der Waals surface area (Å²) >= 11 is 0. The highest BCUT2D eigenvalue weighted by Crippen LogP contribution is 2.17. The van der Waals surface area contributed by atoms with Crippen LogP contribution in [0.4, 0.5) is 0 Å². The van der Waals surface area contributed by atoms with Gasteiger partial charge in [-0.05, 0) is 30.9 Å². The van der Waals surface area contributed by atoms with E-state index >= 15 is 0 Å². The second-order valence-corrected chi connectivity index (χ2v) is 5.49. The van der Waals surface area contributed by atoms with Crippen LogP contribution in [0.5, 0.6) is 0 Å². The minimum Gasteiger partial charge on any atom is -0.381 e. The number of benzene rings is 1. The molecule has 6 heteroatoms. The van der Waals surface area contributed by atoms with E-state index in [-0.39, 0.29) is 5.91 Å². The van der Waals surface area contributed by atoms with E-state index in [1.54, 1.807) is 11.0 Å². The van der Waals surface area contributed by atoms with Crippen LogP contribution in [0.2, 0.25) is 0 Å². The summed E-state index contributed by atoms with van der Waals surface area (Å²) in [5.41, 5.74) is 0.953. The third-order valence-corrected chi connectivity index (χ3v) is 3.81. The van der Waals surface area contributed by atoms with Crippen LogP contribution in [0.25, 0.3) is 5.69 Å². The summed E-state index contributed by atoms with van der Waals surface area (Å²) in [6.45, 7) is 1.98.